The number of hydrogen-bond donors (Lipinski definition) is 12. The first kappa shape index (κ1) is 62.3. The highest BCUT2D eigenvalue weighted by atomic mass is 16.8. The average Bonchev–Trinajstić information content (AvgIpc) is 3.35. The molecule has 70 heavy (non-hydrogen) atoms. The van der Waals surface area contributed by atoms with E-state index in [4.69, 9.17) is 28.4 Å². The second kappa shape index (κ2) is 36.0. The Labute approximate surface area is 415 Å². The van der Waals surface area contributed by atoms with E-state index < -0.39 is 124 Å². The average molecular weight is 1010 g/mol. The van der Waals surface area contributed by atoms with E-state index in [1.165, 1.54) is 57.8 Å². The van der Waals surface area contributed by atoms with Crippen molar-refractivity contribution in [1.29, 1.82) is 0 Å². The lowest BCUT2D eigenvalue weighted by Gasteiger charge is -2.48. The number of carbonyl (C=O) groups is 1. The van der Waals surface area contributed by atoms with E-state index >= 15 is 0 Å². The number of unbranched alkanes of at least 4 members (excludes halogenated alkanes) is 16. The van der Waals surface area contributed by atoms with Crippen LogP contribution in [-0.2, 0) is 33.2 Å². The van der Waals surface area contributed by atoms with Gasteiger partial charge in [-0.25, -0.2) is 0 Å². The number of aliphatic hydroxyl groups excluding tert-OH is 11. The molecule has 0 spiro atoms. The molecule has 12 N–H and O–H groups in total. The van der Waals surface area contributed by atoms with Gasteiger partial charge in [0.15, 0.2) is 18.9 Å². The molecule has 17 unspecified atom stereocenters. The van der Waals surface area contributed by atoms with Gasteiger partial charge in [-0.2, -0.15) is 0 Å². The summed E-state index contributed by atoms with van der Waals surface area (Å²) in [6.07, 6.45) is 7.26. The van der Waals surface area contributed by atoms with E-state index in [0.29, 0.717) is 12.8 Å². The van der Waals surface area contributed by atoms with Gasteiger partial charge < -0.3 is 89.9 Å². The molecule has 3 aliphatic heterocycles. The Morgan fingerprint density at radius 1 is 0.500 bits per heavy atom. The van der Waals surface area contributed by atoms with E-state index in [1.54, 1.807) is 6.08 Å². The summed E-state index contributed by atoms with van der Waals surface area (Å²) in [5.41, 5.74) is 0. The highest BCUT2D eigenvalue weighted by Gasteiger charge is 2.53. The summed E-state index contributed by atoms with van der Waals surface area (Å²) in [5, 5.41) is 120. The topological polar surface area (TPSA) is 307 Å². The molecule has 19 nitrogen and oxygen atoms in total. The lowest BCUT2D eigenvalue weighted by molar-refractivity contribution is -0.379. The SMILES string of the molecule is CCCC/C=C\CCCCCCCC(=O)NC(COC1OC(CO)C(OC2OC(CO)C(OC3OC(CO)C(O)C(O)C3O)C(O)C2O)C(O)C1O)C(O)/C=C/CC/C=C/CCCCCCCCCC. The number of nitrogens with one attached hydrogen (secondary N) is 1. The largest absolute Gasteiger partial charge is 0.394 e. The summed E-state index contributed by atoms with van der Waals surface area (Å²) in [7, 11) is 0. The third kappa shape index (κ3) is 21.5. The number of allylic oxidation sites excluding steroid dienone is 5. The van der Waals surface area contributed by atoms with Crippen LogP contribution in [0.15, 0.2) is 36.5 Å². The van der Waals surface area contributed by atoms with Crippen LogP contribution in [0.5, 0.6) is 0 Å². The van der Waals surface area contributed by atoms with Crippen molar-refractivity contribution in [2.75, 3.05) is 26.4 Å². The predicted molar refractivity (Wildman–Crippen MR) is 259 cm³/mol. The molecule has 408 valence electrons. The van der Waals surface area contributed by atoms with Crippen molar-refractivity contribution in [3.8, 4) is 0 Å². The monoisotopic (exact) mass is 1010 g/mol. The number of rotatable bonds is 36. The van der Waals surface area contributed by atoms with Gasteiger partial charge in [0.1, 0.15) is 73.2 Å². The number of ether oxygens (including phenoxy) is 6. The number of hydrogen-bond acceptors (Lipinski definition) is 18. The van der Waals surface area contributed by atoms with Crippen LogP contribution in [0, 0.1) is 0 Å². The quantitative estimate of drug-likeness (QED) is 0.0316. The Hall–Kier alpha value is -1.99. The first-order valence-corrected chi connectivity index (χ1v) is 26.2. The van der Waals surface area contributed by atoms with Gasteiger partial charge in [0.05, 0.1) is 38.6 Å². The molecule has 3 heterocycles. The summed E-state index contributed by atoms with van der Waals surface area (Å²) in [5.74, 6) is -0.300. The van der Waals surface area contributed by atoms with Crippen LogP contribution < -0.4 is 5.32 Å². The summed E-state index contributed by atoms with van der Waals surface area (Å²) >= 11 is 0. The first-order chi connectivity index (χ1) is 33.8. The Balaban J connectivity index is 1.58. The summed E-state index contributed by atoms with van der Waals surface area (Å²) < 4.78 is 34.1. The molecule has 0 aromatic carbocycles. The third-order valence-electron chi connectivity index (χ3n) is 13.2. The minimum atomic E-state index is -1.98. The fourth-order valence-corrected chi connectivity index (χ4v) is 8.71. The maximum absolute atomic E-state index is 13.2. The van der Waals surface area contributed by atoms with Crippen molar-refractivity contribution in [3.63, 3.8) is 0 Å². The first-order valence-electron chi connectivity index (χ1n) is 26.2. The van der Waals surface area contributed by atoms with Gasteiger partial charge in [-0.3, -0.25) is 4.79 Å². The van der Waals surface area contributed by atoms with Gasteiger partial charge in [-0.1, -0.05) is 127 Å². The maximum Gasteiger partial charge on any atom is 0.220 e. The standard InChI is InChI=1S/C51H91NO18/c1-3-5-7-9-11-13-15-16-17-19-20-22-24-26-28-35(56)34(52-39(57)29-27-25-23-21-18-14-12-10-8-6-4-2)33-65-49-45(63)42(60)47(37(31-54)67-49)70-51-46(64)43(61)48(38(32-55)68-51)69-50-44(62)41(59)40(58)36(30-53)66-50/h10,12,19-20,26,28,34-38,40-51,53-56,58-64H,3-9,11,13-18,21-25,27,29-33H2,1-2H3,(H,52,57)/b12-10-,20-19+,28-26+. The lowest BCUT2D eigenvalue weighted by Crippen LogP contribution is -2.66. The molecule has 3 rings (SSSR count). The normalized spacial score (nSPS) is 32.8. The van der Waals surface area contributed by atoms with Gasteiger partial charge in [-0.05, 0) is 51.4 Å². The van der Waals surface area contributed by atoms with Crippen molar-refractivity contribution in [1.82, 2.24) is 5.32 Å². The van der Waals surface area contributed by atoms with Crippen molar-refractivity contribution < 1.29 is 89.4 Å². The summed E-state index contributed by atoms with van der Waals surface area (Å²) in [4.78, 5) is 13.2. The summed E-state index contributed by atoms with van der Waals surface area (Å²) in [6, 6.07) is -0.990. The second-order valence-corrected chi connectivity index (χ2v) is 19.0. The van der Waals surface area contributed by atoms with E-state index in [-0.39, 0.29) is 18.9 Å². The van der Waals surface area contributed by atoms with Crippen LogP contribution in [0.25, 0.3) is 0 Å². The Morgan fingerprint density at radius 2 is 0.929 bits per heavy atom. The molecule has 3 aliphatic rings. The minimum absolute atomic E-state index is 0.224. The molecule has 0 aromatic rings. The van der Waals surface area contributed by atoms with E-state index in [9.17, 15) is 61.0 Å². The molecule has 19 heteroatoms. The molecular formula is C51H91NO18. The summed E-state index contributed by atoms with van der Waals surface area (Å²) in [6.45, 7) is 1.60. The van der Waals surface area contributed by atoms with Crippen LogP contribution in [-0.4, -0.2) is 193 Å². The Bertz CT molecular complexity index is 1440. The predicted octanol–water partition coefficient (Wildman–Crippen LogP) is 2.20. The van der Waals surface area contributed by atoms with E-state index in [0.717, 1.165) is 57.8 Å². The highest BCUT2D eigenvalue weighted by molar-refractivity contribution is 5.76. The van der Waals surface area contributed by atoms with Crippen LogP contribution in [0.1, 0.15) is 149 Å². The second-order valence-electron chi connectivity index (χ2n) is 19.0. The molecule has 3 saturated heterocycles. The van der Waals surface area contributed by atoms with Gasteiger partial charge in [-0.15, -0.1) is 0 Å². The van der Waals surface area contributed by atoms with Crippen molar-refractivity contribution >= 4 is 5.91 Å². The fraction of sp³-hybridized carbons (Fsp3) is 0.863. The third-order valence-corrected chi connectivity index (χ3v) is 13.2. The van der Waals surface area contributed by atoms with Crippen molar-refractivity contribution in [2.24, 2.45) is 0 Å². The van der Waals surface area contributed by atoms with Gasteiger partial charge in [0, 0.05) is 6.42 Å². The number of aliphatic hydroxyl groups is 11. The smallest absolute Gasteiger partial charge is 0.220 e. The zero-order chi connectivity index (χ0) is 51.3. The molecule has 0 bridgehead atoms. The molecule has 3 fully saturated rings. The Morgan fingerprint density at radius 3 is 1.47 bits per heavy atom. The molecule has 17 atom stereocenters. The molecular weight excluding hydrogens is 915 g/mol. The van der Waals surface area contributed by atoms with Gasteiger partial charge in [0.2, 0.25) is 5.91 Å². The highest BCUT2D eigenvalue weighted by Crippen LogP contribution is 2.33. The van der Waals surface area contributed by atoms with Crippen molar-refractivity contribution in [2.45, 2.75) is 253 Å². The maximum atomic E-state index is 13.2. The zero-order valence-corrected chi connectivity index (χ0v) is 41.7. The fourth-order valence-electron chi connectivity index (χ4n) is 8.71. The molecule has 0 saturated carbocycles. The molecule has 0 aliphatic carbocycles. The molecule has 1 amide bonds. The van der Waals surface area contributed by atoms with E-state index in [2.05, 4.69) is 43.5 Å². The van der Waals surface area contributed by atoms with Crippen molar-refractivity contribution in [3.05, 3.63) is 36.5 Å². The minimum Gasteiger partial charge on any atom is -0.394 e. The molecule has 0 radical (unpaired) electrons. The van der Waals surface area contributed by atoms with Gasteiger partial charge in [0.25, 0.3) is 0 Å². The molecule has 0 aromatic heterocycles. The van der Waals surface area contributed by atoms with Crippen LogP contribution >= 0.6 is 0 Å². The van der Waals surface area contributed by atoms with E-state index in [1.807, 2.05) is 6.08 Å². The van der Waals surface area contributed by atoms with Crippen LogP contribution in [0.2, 0.25) is 0 Å². The van der Waals surface area contributed by atoms with Crippen LogP contribution in [0.3, 0.4) is 0 Å². The lowest BCUT2D eigenvalue weighted by atomic mass is 9.96. The number of amides is 1. The zero-order valence-electron chi connectivity index (χ0n) is 41.7. The number of carbonyl (C=O) groups excluding carboxylic acids is 1. The Kier molecular flexibility index (Phi) is 32.1. The van der Waals surface area contributed by atoms with Gasteiger partial charge >= 0.3 is 0 Å². The van der Waals surface area contributed by atoms with Crippen LogP contribution in [0.4, 0.5) is 0 Å².